The minimum atomic E-state index is -4.52. The molecule has 0 radical (unpaired) electrons. The maximum absolute atomic E-state index is 14.2. The number of ketones is 1. The van der Waals surface area contributed by atoms with E-state index in [1.54, 1.807) is 23.5 Å². The summed E-state index contributed by atoms with van der Waals surface area (Å²) in [6.45, 7) is -0.330. The Balaban J connectivity index is 1.22. The van der Waals surface area contributed by atoms with E-state index in [0.717, 1.165) is 34.0 Å². The Labute approximate surface area is 247 Å². The average Bonchev–Trinajstić information content (AvgIpc) is 3.77. The van der Waals surface area contributed by atoms with Crippen molar-refractivity contribution in [2.24, 2.45) is 0 Å². The number of carbonyl (C=O) groups excluding carboxylic acids is 4. The average molecular weight is 607 g/mol. The van der Waals surface area contributed by atoms with Crippen molar-refractivity contribution in [2.45, 2.75) is 56.1 Å². The van der Waals surface area contributed by atoms with Crippen LogP contribution in [0.4, 0.5) is 0 Å². The molecule has 218 valence electrons. The Morgan fingerprint density at radius 2 is 1.74 bits per heavy atom. The second-order valence-electron chi connectivity index (χ2n) is 11.0. The molecule has 3 fully saturated rings. The third-order valence-corrected chi connectivity index (χ3v) is 11.1. The molecular formula is C30H30N4O6S2. The number of nitrogens with one attached hydrogen (secondary N) is 1. The number of likely N-dealkylation sites (tertiary alicyclic amines) is 1. The molecule has 3 aliphatic rings. The normalized spacial score (nSPS) is 22.1. The number of rotatable bonds is 6. The van der Waals surface area contributed by atoms with Crippen LogP contribution in [0.2, 0.25) is 0 Å². The number of Topliss-reactive ketones (excluding diaryl/α,β-unsaturated/α-hetero) is 1. The van der Waals surface area contributed by atoms with E-state index in [0.29, 0.717) is 18.4 Å². The van der Waals surface area contributed by atoms with Crippen molar-refractivity contribution < 1.29 is 27.6 Å². The minimum Gasteiger partial charge on any atom is -0.338 e. The number of hydrogen-bond acceptors (Lipinski definition) is 8. The molecular weight excluding hydrogens is 576 g/mol. The number of hydrogen-bond donors (Lipinski definition) is 1. The van der Waals surface area contributed by atoms with Crippen LogP contribution < -0.4 is 5.32 Å². The zero-order chi connectivity index (χ0) is 29.5. The first-order chi connectivity index (χ1) is 20.2. The van der Waals surface area contributed by atoms with Gasteiger partial charge in [-0.15, -0.1) is 11.3 Å². The molecule has 1 N–H and O–H groups in total. The van der Waals surface area contributed by atoms with Gasteiger partial charge >= 0.3 is 0 Å². The number of carbonyl (C=O) groups is 4. The van der Waals surface area contributed by atoms with Gasteiger partial charge in [-0.1, -0.05) is 37.5 Å². The Kier molecular flexibility index (Phi) is 7.54. The van der Waals surface area contributed by atoms with Crippen LogP contribution in [0, 0.1) is 0 Å². The largest absolute Gasteiger partial charge is 0.338 e. The molecule has 1 aromatic carbocycles. The summed E-state index contributed by atoms with van der Waals surface area (Å²) in [4.78, 5) is 60.1. The molecule has 0 bridgehead atoms. The van der Waals surface area contributed by atoms with Crippen molar-refractivity contribution >= 4 is 44.1 Å². The van der Waals surface area contributed by atoms with Crippen LogP contribution in [-0.2, 0) is 19.6 Å². The van der Waals surface area contributed by atoms with Crippen LogP contribution in [0.5, 0.6) is 0 Å². The van der Waals surface area contributed by atoms with Gasteiger partial charge in [-0.3, -0.25) is 24.2 Å². The molecule has 6 rings (SSSR count). The number of thiophene rings is 1. The first kappa shape index (κ1) is 28.4. The van der Waals surface area contributed by atoms with Gasteiger partial charge in [0.1, 0.15) is 11.6 Å². The number of pyridine rings is 1. The van der Waals surface area contributed by atoms with Crippen LogP contribution in [0.15, 0.2) is 66.3 Å². The van der Waals surface area contributed by atoms with Crippen LogP contribution >= 0.6 is 11.3 Å². The van der Waals surface area contributed by atoms with Gasteiger partial charge < -0.3 is 10.2 Å². The molecule has 2 aliphatic heterocycles. The molecule has 2 amide bonds. The van der Waals surface area contributed by atoms with Crippen molar-refractivity contribution in [3.05, 3.63) is 77.4 Å². The van der Waals surface area contributed by atoms with Gasteiger partial charge in [0.2, 0.25) is 5.91 Å². The van der Waals surface area contributed by atoms with Crippen molar-refractivity contribution in [3.63, 3.8) is 0 Å². The van der Waals surface area contributed by atoms with Crippen molar-refractivity contribution in [1.29, 1.82) is 0 Å². The van der Waals surface area contributed by atoms with Crippen molar-refractivity contribution in [3.8, 4) is 10.4 Å². The summed E-state index contributed by atoms with van der Waals surface area (Å²) >= 11 is 1.60. The number of amides is 2. The summed E-state index contributed by atoms with van der Waals surface area (Å²) in [5.41, 5.74) is 0.130. The smallest absolute Gasteiger partial charge is 0.293 e. The lowest BCUT2D eigenvalue weighted by molar-refractivity contribution is -0.143. The van der Waals surface area contributed by atoms with E-state index in [4.69, 9.17) is 0 Å². The van der Waals surface area contributed by atoms with Crippen LogP contribution in [0.1, 0.15) is 59.2 Å². The van der Waals surface area contributed by atoms with Crippen LogP contribution in [0.3, 0.4) is 0 Å². The van der Waals surface area contributed by atoms with Crippen molar-refractivity contribution in [1.82, 2.24) is 19.5 Å². The third-order valence-electron chi connectivity index (χ3n) is 8.50. The van der Waals surface area contributed by atoms with E-state index in [2.05, 4.69) is 10.3 Å². The zero-order valence-corrected chi connectivity index (χ0v) is 24.4. The van der Waals surface area contributed by atoms with E-state index in [9.17, 15) is 27.6 Å². The van der Waals surface area contributed by atoms with Crippen molar-refractivity contribution in [2.75, 3.05) is 13.1 Å². The first-order valence-corrected chi connectivity index (χ1v) is 16.3. The van der Waals surface area contributed by atoms with E-state index in [1.165, 1.54) is 29.4 Å². The molecule has 1 aliphatic carbocycles. The maximum atomic E-state index is 14.2. The molecule has 1 saturated carbocycles. The summed E-state index contributed by atoms with van der Waals surface area (Å²) in [5, 5.41) is 3.88. The van der Waals surface area contributed by atoms with Gasteiger partial charge in [0.15, 0.2) is 5.78 Å². The summed E-state index contributed by atoms with van der Waals surface area (Å²) in [7, 11) is -4.52. The standard InChI is InChI=1S/C30H30N4O6S2/c35-24-19-34(42(39,40)28(37)22-6-4-15-31-18-22)23-12-16-33(26(23)24)29(38)30(13-2-1-3-14-30)32-27(36)21-10-8-20(9-11-21)25-7-5-17-41-25/h4-11,15,17-18,23,26H,1-3,12-14,16,19H2,(H,32,36). The summed E-state index contributed by atoms with van der Waals surface area (Å²) < 4.78 is 27.5. The fourth-order valence-corrected chi connectivity index (χ4v) is 8.64. The highest BCUT2D eigenvalue weighted by Crippen LogP contribution is 2.37. The highest BCUT2D eigenvalue weighted by molar-refractivity contribution is 8.04. The first-order valence-electron chi connectivity index (χ1n) is 14.0. The van der Waals surface area contributed by atoms with E-state index in [-0.39, 0.29) is 30.3 Å². The number of sulfonamides is 1. The topological polar surface area (TPSA) is 134 Å². The lowest BCUT2D eigenvalue weighted by Gasteiger charge is -2.40. The lowest BCUT2D eigenvalue weighted by Crippen LogP contribution is -2.62. The fraction of sp³-hybridized carbons (Fsp3) is 0.367. The molecule has 4 heterocycles. The fourth-order valence-electron chi connectivity index (χ4n) is 6.40. The number of benzene rings is 1. The van der Waals surface area contributed by atoms with Gasteiger partial charge in [0, 0.05) is 29.4 Å². The Hall–Kier alpha value is -3.74. The van der Waals surface area contributed by atoms with E-state index < -0.39 is 45.1 Å². The van der Waals surface area contributed by atoms with Gasteiger partial charge in [0.25, 0.3) is 21.0 Å². The predicted octanol–water partition coefficient (Wildman–Crippen LogP) is 3.27. The molecule has 2 saturated heterocycles. The SMILES string of the molecule is O=C(NC1(C(=O)N2CCC3C2C(=O)CN3S(=O)(=O)C(=O)c2cccnc2)CCCCC1)c1ccc(-c2cccs2)cc1. The summed E-state index contributed by atoms with van der Waals surface area (Å²) in [5.74, 6) is -1.18. The van der Waals surface area contributed by atoms with Crippen LogP contribution in [-0.4, -0.2) is 76.0 Å². The second-order valence-corrected chi connectivity index (χ2v) is 13.7. The lowest BCUT2D eigenvalue weighted by atomic mass is 9.80. The molecule has 10 nitrogen and oxygen atoms in total. The number of aromatic nitrogens is 1. The highest BCUT2D eigenvalue weighted by Gasteiger charge is 2.57. The minimum absolute atomic E-state index is 0.0911. The molecule has 2 aromatic heterocycles. The molecule has 2 atom stereocenters. The molecule has 2 unspecified atom stereocenters. The third kappa shape index (κ3) is 4.97. The molecule has 3 aromatic rings. The zero-order valence-electron chi connectivity index (χ0n) is 22.8. The van der Waals surface area contributed by atoms with Gasteiger partial charge in [-0.05, 0) is 60.5 Å². The quantitative estimate of drug-likeness (QED) is 0.455. The predicted molar refractivity (Wildman–Crippen MR) is 156 cm³/mol. The Morgan fingerprint density at radius 3 is 2.40 bits per heavy atom. The van der Waals surface area contributed by atoms with Crippen LogP contribution in [0.25, 0.3) is 10.4 Å². The molecule has 42 heavy (non-hydrogen) atoms. The number of fused-ring (bicyclic) bond motifs is 1. The number of nitrogens with zero attached hydrogens (tertiary/aromatic N) is 3. The highest BCUT2D eigenvalue weighted by atomic mass is 32.2. The monoisotopic (exact) mass is 606 g/mol. The van der Waals surface area contributed by atoms with Gasteiger partial charge in [-0.25, -0.2) is 8.42 Å². The summed E-state index contributed by atoms with van der Waals surface area (Å²) in [6.07, 6.45) is 6.07. The molecule has 0 spiro atoms. The summed E-state index contributed by atoms with van der Waals surface area (Å²) in [6, 6.07) is 12.2. The Bertz CT molecular complexity index is 1620. The van der Waals surface area contributed by atoms with E-state index >= 15 is 0 Å². The second kappa shape index (κ2) is 11.2. The molecule has 12 heteroatoms. The van der Waals surface area contributed by atoms with Gasteiger partial charge in [-0.2, -0.15) is 4.31 Å². The maximum Gasteiger partial charge on any atom is 0.293 e. The Morgan fingerprint density at radius 1 is 0.976 bits per heavy atom. The van der Waals surface area contributed by atoms with E-state index in [1.807, 2.05) is 29.6 Å². The van der Waals surface area contributed by atoms with Gasteiger partial charge in [0.05, 0.1) is 18.2 Å².